The lowest BCUT2D eigenvalue weighted by atomic mass is 10.0. The lowest BCUT2D eigenvalue weighted by molar-refractivity contribution is 0.102. The van der Waals surface area contributed by atoms with Crippen LogP contribution in [-0.4, -0.2) is 60.2 Å². The third-order valence-corrected chi connectivity index (χ3v) is 7.45. The van der Waals surface area contributed by atoms with Gasteiger partial charge < -0.3 is 4.57 Å². The van der Waals surface area contributed by atoms with Gasteiger partial charge in [0, 0.05) is 49.2 Å². The van der Waals surface area contributed by atoms with E-state index in [1.165, 1.54) is 17.4 Å². The third-order valence-electron chi connectivity index (χ3n) is 6.06. The highest BCUT2D eigenvalue weighted by Crippen LogP contribution is 2.27. The van der Waals surface area contributed by atoms with Crippen LogP contribution in [0.4, 0.5) is 0 Å². The molecule has 0 N–H and O–H groups in total. The zero-order valence-corrected chi connectivity index (χ0v) is 18.3. The molecule has 1 aromatic carbocycles. The van der Waals surface area contributed by atoms with E-state index in [1.807, 2.05) is 13.0 Å². The van der Waals surface area contributed by atoms with Gasteiger partial charge in [-0.2, -0.15) is 9.57 Å². The normalized spacial score (nSPS) is 20.4. The van der Waals surface area contributed by atoms with Gasteiger partial charge in [0.1, 0.15) is 11.8 Å². The van der Waals surface area contributed by atoms with Crippen molar-refractivity contribution in [3.63, 3.8) is 0 Å². The molecule has 0 aliphatic carbocycles. The predicted molar refractivity (Wildman–Crippen MR) is 113 cm³/mol. The van der Waals surface area contributed by atoms with Crippen LogP contribution in [-0.2, 0) is 23.0 Å². The van der Waals surface area contributed by atoms with Gasteiger partial charge in [-0.15, -0.1) is 0 Å². The highest BCUT2D eigenvalue weighted by molar-refractivity contribution is 7.88. The topological polar surface area (TPSA) is 69.3 Å². The number of fused-ring (bicyclic) bond motifs is 1. The van der Waals surface area contributed by atoms with Gasteiger partial charge in [-0.3, -0.25) is 4.90 Å². The summed E-state index contributed by atoms with van der Waals surface area (Å²) in [5.41, 5.74) is 4.34. The number of hydrogen-bond donors (Lipinski definition) is 0. The zero-order chi connectivity index (χ0) is 20.6. The average Bonchev–Trinajstić information content (AvgIpc) is 2.99. The maximum absolute atomic E-state index is 11.9. The van der Waals surface area contributed by atoms with Gasteiger partial charge >= 0.3 is 0 Å². The molecule has 1 saturated heterocycles. The van der Waals surface area contributed by atoms with Crippen molar-refractivity contribution in [2.24, 2.45) is 0 Å². The molecule has 0 saturated carbocycles. The molecule has 1 aromatic heterocycles. The minimum Gasteiger partial charge on any atom is -0.331 e. The molecule has 0 spiro atoms. The lowest BCUT2D eigenvalue weighted by Gasteiger charge is -2.41. The van der Waals surface area contributed by atoms with E-state index in [2.05, 4.69) is 48.4 Å². The third kappa shape index (κ3) is 3.82. The number of aryl methyl sites for hydroxylation is 2. The second-order valence-electron chi connectivity index (χ2n) is 7.95. The molecule has 0 unspecified atom stereocenters. The van der Waals surface area contributed by atoms with E-state index in [9.17, 15) is 13.7 Å². The Morgan fingerprint density at radius 3 is 2.61 bits per heavy atom. The quantitative estimate of drug-likeness (QED) is 0.771. The fraction of sp³-hybridized carbons (Fsp3) is 0.571. The van der Waals surface area contributed by atoms with Gasteiger partial charge in [-0.25, -0.2) is 8.42 Å². The molecule has 0 radical (unpaired) electrons. The first-order chi connectivity index (χ1) is 13.2. The molecule has 0 bridgehead atoms. The minimum atomic E-state index is -3.17. The molecular formula is C21H30N4O2S. The Labute approximate surface area is 168 Å². The van der Waals surface area contributed by atoms with Gasteiger partial charge in [-0.05, 0) is 50.5 Å². The molecule has 7 heteroatoms. The van der Waals surface area contributed by atoms with Gasteiger partial charge in [0.15, 0.2) is 0 Å². The summed E-state index contributed by atoms with van der Waals surface area (Å²) in [6.07, 6.45) is 2.26. The molecular weight excluding hydrogens is 372 g/mol. The van der Waals surface area contributed by atoms with E-state index in [1.54, 1.807) is 4.31 Å². The predicted octanol–water partition coefficient (Wildman–Crippen LogP) is 2.74. The summed E-state index contributed by atoms with van der Waals surface area (Å²) in [7, 11) is -3.17. The van der Waals surface area contributed by atoms with Crippen LogP contribution in [0.1, 0.15) is 37.6 Å². The smallest absolute Gasteiger partial charge is 0.211 e. The first kappa shape index (κ1) is 20.8. The Kier molecular flexibility index (Phi) is 5.85. The van der Waals surface area contributed by atoms with E-state index >= 15 is 0 Å². The summed E-state index contributed by atoms with van der Waals surface area (Å²) >= 11 is 0. The number of piperazine rings is 1. The largest absolute Gasteiger partial charge is 0.331 e. The fourth-order valence-corrected chi connectivity index (χ4v) is 5.57. The van der Waals surface area contributed by atoms with Crippen molar-refractivity contribution >= 4 is 20.9 Å². The number of aromatic nitrogens is 1. The maximum atomic E-state index is 11.9. The summed E-state index contributed by atoms with van der Waals surface area (Å²) in [5, 5.41) is 10.8. The van der Waals surface area contributed by atoms with Gasteiger partial charge in [-0.1, -0.05) is 13.0 Å². The van der Waals surface area contributed by atoms with Crippen LogP contribution in [0.2, 0.25) is 0 Å². The Balaban J connectivity index is 1.85. The molecule has 2 heterocycles. The van der Waals surface area contributed by atoms with Crippen molar-refractivity contribution in [2.45, 2.75) is 52.7 Å². The van der Waals surface area contributed by atoms with Gasteiger partial charge in [0.25, 0.3) is 0 Å². The van der Waals surface area contributed by atoms with Crippen molar-refractivity contribution in [1.82, 2.24) is 13.8 Å². The number of nitriles is 1. The van der Waals surface area contributed by atoms with Crippen LogP contribution >= 0.6 is 0 Å². The summed E-state index contributed by atoms with van der Waals surface area (Å²) in [6.45, 7) is 11.0. The summed E-state index contributed by atoms with van der Waals surface area (Å²) in [4.78, 5) is 2.33. The van der Waals surface area contributed by atoms with Crippen LogP contribution in [0.25, 0.3) is 10.9 Å². The van der Waals surface area contributed by atoms with Crippen molar-refractivity contribution in [3.8, 4) is 6.07 Å². The van der Waals surface area contributed by atoms with Gasteiger partial charge in [0.05, 0.1) is 6.26 Å². The summed E-state index contributed by atoms with van der Waals surface area (Å²) in [5.74, 6) is 0. The molecule has 1 aliphatic rings. The van der Waals surface area contributed by atoms with Gasteiger partial charge in [0.2, 0.25) is 10.0 Å². The first-order valence-corrected chi connectivity index (χ1v) is 11.7. The Morgan fingerprint density at radius 2 is 2.04 bits per heavy atom. The standard InChI is InChI=1S/C21H30N4O2S/c1-6-18-7-8-21-20(17(18)4)11-19(12-22)24(21)14-15(2)23-9-10-25(16(3)13-23)28(5,26)27/h7-8,11,15-16H,6,9-10,13-14H2,1-5H3/t15-,16+/m0/s1. The van der Waals surface area contributed by atoms with Crippen LogP contribution in [0.15, 0.2) is 18.2 Å². The SMILES string of the molecule is CCc1ccc2c(cc(C#N)n2C[C@H](C)N2CCN(S(C)(=O)=O)[C@H](C)C2)c1C. The number of sulfonamides is 1. The number of nitrogens with zero attached hydrogens (tertiary/aromatic N) is 4. The molecule has 0 amide bonds. The van der Waals surface area contributed by atoms with E-state index in [0.29, 0.717) is 31.9 Å². The van der Waals surface area contributed by atoms with Crippen molar-refractivity contribution in [1.29, 1.82) is 5.26 Å². The average molecular weight is 403 g/mol. The lowest BCUT2D eigenvalue weighted by Crippen LogP contribution is -2.56. The van der Waals surface area contributed by atoms with Crippen molar-refractivity contribution < 1.29 is 8.42 Å². The van der Waals surface area contributed by atoms with Crippen molar-refractivity contribution in [2.75, 3.05) is 25.9 Å². The first-order valence-electron chi connectivity index (χ1n) is 9.90. The molecule has 3 rings (SSSR count). The van der Waals surface area contributed by atoms with E-state index in [0.717, 1.165) is 17.3 Å². The second-order valence-corrected chi connectivity index (χ2v) is 9.89. The second kappa shape index (κ2) is 7.86. The highest BCUT2D eigenvalue weighted by atomic mass is 32.2. The molecule has 152 valence electrons. The summed E-state index contributed by atoms with van der Waals surface area (Å²) < 4.78 is 27.5. The van der Waals surface area contributed by atoms with E-state index in [4.69, 9.17) is 0 Å². The highest BCUT2D eigenvalue weighted by Gasteiger charge is 2.32. The molecule has 2 atom stereocenters. The van der Waals surface area contributed by atoms with E-state index in [-0.39, 0.29) is 12.1 Å². The maximum Gasteiger partial charge on any atom is 0.211 e. The molecule has 1 aliphatic heterocycles. The van der Waals surface area contributed by atoms with Crippen LogP contribution in [0.5, 0.6) is 0 Å². The number of rotatable bonds is 5. The van der Waals surface area contributed by atoms with Crippen LogP contribution < -0.4 is 0 Å². The summed E-state index contributed by atoms with van der Waals surface area (Å²) in [6, 6.07) is 8.80. The Bertz CT molecular complexity index is 1020. The number of benzene rings is 1. The number of hydrogen-bond acceptors (Lipinski definition) is 4. The monoisotopic (exact) mass is 402 g/mol. The Hall–Kier alpha value is -1.88. The molecule has 2 aromatic rings. The Morgan fingerprint density at radius 1 is 1.32 bits per heavy atom. The fourth-order valence-electron chi connectivity index (χ4n) is 4.44. The zero-order valence-electron chi connectivity index (χ0n) is 17.4. The molecule has 6 nitrogen and oxygen atoms in total. The molecule has 28 heavy (non-hydrogen) atoms. The van der Waals surface area contributed by atoms with Crippen molar-refractivity contribution in [3.05, 3.63) is 35.0 Å². The van der Waals surface area contributed by atoms with Crippen LogP contribution in [0.3, 0.4) is 0 Å². The van der Waals surface area contributed by atoms with Crippen LogP contribution in [0, 0.1) is 18.3 Å². The molecule has 1 fully saturated rings. The minimum absolute atomic E-state index is 0.0441. The van der Waals surface area contributed by atoms with E-state index < -0.39 is 10.0 Å².